The molecule has 2 aromatic heterocycles. The third kappa shape index (κ3) is 2.44. The second kappa shape index (κ2) is 4.69. The summed E-state index contributed by atoms with van der Waals surface area (Å²) in [5.74, 6) is 0.945. The van der Waals surface area contributed by atoms with Gasteiger partial charge in [0, 0.05) is 23.5 Å². The molecule has 0 bridgehead atoms. The van der Waals surface area contributed by atoms with Gasteiger partial charge in [0.1, 0.15) is 5.82 Å². The molecule has 0 saturated heterocycles. The highest BCUT2D eigenvalue weighted by atomic mass is 16.5. The van der Waals surface area contributed by atoms with E-state index in [1.807, 2.05) is 19.1 Å². The molecule has 4 N–H and O–H groups in total. The van der Waals surface area contributed by atoms with Crippen molar-refractivity contribution in [2.24, 2.45) is 0 Å². The van der Waals surface area contributed by atoms with Gasteiger partial charge < -0.3 is 16.2 Å². The minimum Gasteiger partial charge on any atom is -0.477 e. The summed E-state index contributed by atoms with van der Waals surface area (Å²) in [6, 6.07) is 5.42. The quantitative estimate of drug-likeness (QED) is 0.838. The first kappa shape index (κ1) is 11.2. The van der Waals surface area contributed by atoms with Crippen molar-refractivity contribution in [3.63, 3.8) is 0 Å². The van der Waals surface area contributed by atoms with Crippen molar-refractivity contribution in [3.8, 4) is 17.0 Å². The van der Waals surface area contributed by atoms with Gasteiger partial charge in [0.05, 0.1) is 12.3 Å². The Morgan fingerprint density at radius 2 is 1.88 bits per heavy atom. The largest absolute Gasteiger partial charge is 0.477 e. The van der Waals surface area contributed by atoms with E-state index in [1.165, 1.54) is 0 Å². The Labute approximate surface area is 99.5 Å². The van der Waals surface area contributed by atoms with Gasteiger partial charge in [-0.1, -0.05) is 0 Å². The zero-order chi connectivity index (χ0) is 12.3. The lowest BCUT2D eigenvalue weighted by Gasteiger charge is -2.07. The first-order valence-electron chi connectivity index (χ1n) is 5.31. The predicted octanol–water partition coefficient (Wildman–Crippen LogP) is 1.71. The fourth-order valence-electron chi connectivity index (χ4n) is 1.46. The minimum absolute atomic E-state index is 0.458. The van der Waals surface area contributed by atoms with E-state index in [2.05, 4.69) is 9.97 Å². The van der Waals surface area contributed by atoms with Crippen LogP contribution in [0.25, 0.3) is 11.1 Å². The number of hydrogen-bond donors (Lipinski definition) is 2. The zero-order valence-electron chi connectivity index (χ0n) is 9.55. The summed E-state index contributed by atoms with van der Waals surface area (Å²) in [5.41, 5.74) is 13.7. The van der Waals surface area contributed by atoms with Crippen LogP contribution in [0.1, 0.15) is 6.92 Å². The molecule has 0 aromatic carbocycles. The van der Waals surface area contributed by atoms with Gasteiger partial charge in [-0.15, -0.1) is 0 Å². The van der Waals surface area contributed by atoms with E-state index in [0.717, 1.165) is 11.1 Å². The summed E-state index contributed by atoms with van der Waals surface area (Å²) in [5, 5.41) is 0. The summed E-state index contributed by atoms with van der Waals surface area (Å²) in [6.07, 6.45) is 3.39. The molecule has 0 radical (unpaired) electrons. The summed E-state index contributed by atoms with van der Waals surface area (Å²) < 4.78 is 5.27. The van der Waals surface area contributed by atoms with E-state index in [0.29, 0.717) is 24.0 Å². The minimum atomic E-state index is 0.458. The molecular weight excluding hydrogens is 216 g/mol. The third-order valence-corrected chi connectivity index (χ3v) is 2.28. The SMILES string of the molecule is CCOc1ncc(-c2ccc(N)nc2)cc1N. The van der Waals surface area contributed by atoms with Crippen molar-refractivity contribution >= 4 is 11.5 Å². The van der Waals surface area contributed by atoms with Gasteiger partial charge in [-0.25, -0.2) is 9.97 Å². The Hall–Kier alpha value is -2.30. The molecule has 0 fully saturated rings. The normalized spacial score (nSPS) is 10.2. The van der Waals surface area contributed by atoms with Gasteiger partial charge in [-0.2, -0.15) is 0 Å². The lowest BCUT2D eigenvalue weighted by atomic mass is 10.1. The summed E-state index contributed by atoms with van der Waals surface area (Å²) in [7, 11) is 0. The van der Waals surface area contributed by atoms with Gasteiger partial charge >= 0.3 is 0 Å². The first-order chi connectivity index (χ1) is 8.20. The number of nitrogens with zero attached hydrogens (tertiary/aromatic N) is 2. The van der Waals surface area contributed by atoms with Crippen molar-refractivity contribution in [2.75, 3.05) is 18.1 Å². The Morgan fingerprint density at radius 3 is 2.47 bits per heavy atom. The molecule has 17 heavy (non-hydrogen) atoms. The third-order valence-electron chi connectivity index (χ3n) is 2.28. The van der Waals surface area contributed by atoms with Crippen LogP contribution in [-0.2, 0) is 0 Å². The van der Waals surface area contributed by atoms with Crippen molar-refractivity contribution in [2.45, 2.75) is 6.92 Å². The molecular formula is C12H14N4O. The number of ether oxygens (including phenoxy) is 1. The standard InChI is InChI=1S/C12H14N4O/c1-2-17-12-10(13)5-9(7-16-12)8-3-4-11(14)15-6-8/h3-7H,2,13H2,1H3,(H2,14,15). The molecule has 2 heterocycles. The monoisotopic (exact) mass is 230 g/mol. The highest BCUT2D eigenvalue weighted by Crippen LogP contribution is 2.25. The van der Waals surface area contributed by atoms with E-state index in [4.69, 9.17) is 16.2 Å². The van der Waals surface area contributed by atoms with Crippen LogP contribution >= 0.6 is 0 Å². The topological polar surface area (TPSA) is 87.0 Å². The molecule has 0 aliphatic carbocycles. The molecule has 0 unspecified atom stereocenters. The number of nitrogen functional groups attached to an aromatic ring is 2. The fourth-order valence-corrected chi connectivity index (χ4v) is 1.46. The van der Waals surface area contributed by atoms with E-state index in [9.17, 15) is 0 Å². The van der Waals surface area contributed by atoms with E-state index in [-0.39, 0.29) is 0 Å². The van der Waals surface area contributed by atoms with Crippen LogP contribution in [0.5, 0.6) is 5.88 Å². The second-order valence-corrected chi connectivity index (χ2v) is 3.52. The highest BCUT2D eigenvalue weighted by molar-refractivity contribution is 5.68. The molecule has 2 rings (SSSR count). The molecule has 5 nitrogen and oxygen atoms in total. The number of hydrogen-bond acceptors (Lipinski definition) is 5. The molecule has 0 aliphatic heterocycles. The molecule has 0 amide bonds. The van der Waals surface area contributed by atoms with Crippen LogP contribution < -0.4 is 16.2 Å². The summed E-state index contributed by atoms with van der Waals surface area (Å²) in [6.45, 7) is 2.43. The van der Waals surface area contributed by atoms with Crippen molar-refractivity contribution in [3.05, 3.63) is 30.6 Å². The maximum atomic E-state index is 5.84. The van der Waals surface area contributed by atoms with Crippen LogP contribution in [0.3, 0.4) is 0 Å². The second-order valence-electron chi connectivity index (χ2n) is 3.52. The molecule has 0 aliphatic rings. The molecule has 0 saturated carbocycles. The average molecular weight is 230 g/mol. The smallest absolute Gasteiger partial charge is 0.237 e. The first-order valence-corrected chi connectivity index (χ1v) is 5.31. The molecule has 0 atom stereocenters. The van der Waals surface area contributed by atoms with E-state index >= 15 is 0 Å². The molecule has 5 heteroatoms. The van der Waals surface area contributed by atoms with Gasteiger partial charge in [0.15, 0.2) is 0 Å². The number of aromatic nitrogens is 2. The Kier molecular flexibility index (Phi) is 3.09. The van der Waals surface area contributed by atoms with Crippen LogP contribution in [0.4, 0.5) is 11.5 Å². The zero-order valence-corrected chi connectivity index (χ0v) is 9.55. The number of pyridine rings is 2. The average Bonchev–Trinajstić information content (AvgIpc) is 2.33. The van der Waals surface area contributed by atoms with Crippen molar-refractivity contribution in [1.82, 2.24) is 9.97 Å². The Bertz CT molecular complexity index is 510. The summed E-state index contributed by atoms with van der Waals surface area (Å²) in [4.78, 5) is 8.18. The molecule has 0 spiro atoms. The van der Waals surface area contributed by atoms with Crippen LogP contribution in [0.2, 0.25) is 0 Å². The van der Waals surface area contributed by atoms with Crippen molar-refractivity contribution < 1.29 is 4.74 Å². The van der Waals surface area contributed by atoms with Gasteiger partial charge in [-0.05, 0) is 25.1 Å². The fraction of sp³-hybridized carbons (Fsp3) is 0.167. The van der Waals surface area contributed by atoms with Crippen LogP contribution in [0.15, 0.2) is 30.6 Å². The predicted molar refractivity (Wildman–Crippen MR) is 67.5 cm³/mol. The number of nitrogens with two attached hydrogens (primary N) is 2. The van der Waals surface area contributed by atoms with Crippen LogP contribution in [0, 0.1) is 0 Å². The lowest BCUT2D eigenvalue weighted by Crippen LogP contribution is -1.99. The van der Waals surface area contributed by atoms with Gasteiger partial charge in [0.25, 0.3) is 0 Å². The van der Waals surface area contributed by atoms with E-state index in [1.54, 1.807) is 18.5 Å². The van der Waals surface area contributed by atoms with Gasteiger partial charge in [-0.3, -0.25) is 0 Å². The number of anilines is 2. The Morgan fingerprint density at radius 1 is 1.12 bits per heavy atom. The molecule has 88 valence electrons. The number of rotatable bonds is 3. The maximum Gasteiger partial charge on any atom is 0.237 e. The highest BCUT2D eigenvalue weighted by Gasteiger charge is 2.05. The van der Waals surface area contributed by atoms with Crippen LogP contribution in [-0.4, -0.2) is 16.6 Å². The summed E-state index contributed by atoms with van der Waals surface area (Å²) >= 11 is 0. The lowest BCUT2D eigenvalue weighted by molar-refractivity contribution is 0.329. The van der Waals surface area contributed by atoms with Gasteiger partial charge in [0.2, 0.25) is 5.88 Å². The Balaban J connectivity index is 2.34. The molecule has 2 aromatic rings. The maximum absolute atomic E-state index is 5.84. The van der Waals surface area contributed by atoms with E-state index < -0.39 is 0 Å². The van der Waals surface area contributed by atoms with Crippen molar-refractivity contribution in [1.29, 1.82) is 0 Å².